The lowest BCUT2D eigenvalue weighted by Gasteiger charge is -2.17. The summed E-state index contributed by atoms with van der Waals surface area (Å²) in [6, 6.07) is 13.2. The number of methoxy groups -OCH3 is 1. The Balaban J connectivity index is 1.89. The first-order valence-electron chi connectivity index (χ1n) is 9.60. The van der Waals surface area contributed by atoms with E-state index in [1.807, 2.05) is 6.07 Å². The first kappa shape index (κ1) is 19.6. The van der Waals surface area contributed by atoms with Crippen molar-refractivity contribution in [1.82, 2.24) is 15.2 Å². The maximum atomic E-state index is 15.0. The Morgan fingerprint density at radius 3 is 2.53 bits per heavy atom. The van der Waals surface area contributed by atoms with E-state index in [2.05, 4.69) is 15.2 Å². The van der Waals surface area contributed by atoms with Gasteiger partial charge in [0.15, 0.2) is 5.75 Å². The maximum absolute atomic E-state index is 15.0. The minimum absolute atomic E-state index is 0.0850. The molecule has 5 rings (SSSR count). The normalized spacial score (nSPS) is 11.2. The highest BCUT2D eigenvalue weighted by molar-refractivity contribution is 6.06. The van der Waals surface area contributed by atoms with Crippen LogP contribution in [0.3, 0.4) is 0 Å². The Bertz CT molecular complexity index is 1510. The number of nitrogens with one attached hydrogen (secondary N) is 1. The summed E-state index contributed by atoms with van der Waals surface area (Å²) in [4.78, 5) is 15.9. The number of pyridine rings is 1. The summed E-state index contributed by atoms with van der Waals surface area (Å²) < 4.78 is 34.3. The van der Waals surface area contributed by atoms with E-state index in [0.717, 1.165) is 17.0 Å². The lowest BCUT2D eigenvalue weighted by molar-refractivity contribution is 0.0696. The molecule has 2 aromatic heterocycles. The number of carboxylic acids is 1. The Kier molecular flexibility index (Phi) is 4.55. The summed E-state index contributed by atoms with van der Waals surface area (Å²) in [5.74, 6) is -2.09. The molecule has 0 bridgehead atoms. The van der Waals surface area contributed by atoms with E-state index >= 15 is 0 Å². The van der Waals surface area contributed by atoms with Crippen LogP contribution in [0.1, 0.15) is 10.4 Å². The van der Waals surface area contributed by atoms with Gasteiger partial charge in [0.25, 0.3) is 0 Å². The second kappa shape index (κ2) is 7.42. The van der Waals surface area contributed by atoms with Crippen LogP contribution in [-0.2, 0) is 0 Å². The Hall–Kier alpha value is -4.33. The van der Waals surface area contributed by atoms with Crippen molar-refractivity contribution in [3.63, 3.8) is 0 Å². The van der Waals surface area contributed by atoms with Gasteiger partial charge in [-0.05, 0) is 48.0 Å². The zero-order chi connectivity index (χ0) is 22.4. The molecule has 0 spiro atoms. The predicted octanol–water partition coefficient (Wildman–Crippen LogP) is 5.43. The molecule has 5 aromatic rings. The molecule has 2 heterocycles. The molecule has 0 aliphatic heterocycles. The smallest absolute Gasteiger partial charge is 0.335 e. The molecule has 158 valence electrons. The highest BCUT2D eigenvalue weighted by atomic mass is 19.1. The van der Waals surface area contributed by atoms with E-state index in [4.69, 9.17) is 9.84 Å². The van der Waals surface area contributed by atoms with E-state index < -0.39 is 11.8 Å². The number of aromatic amines is 1. The fourth-order valence-corrected chi connectivity index (χ4v) is 3.81. The van der Waals surface area contributed by atoms with Crippen LogP contribution in [0.5, 0.6) is 5.75 Å². The number of fused-ring (bicyclic) bond motifs is 2. The number of hydrogen-bond donors (Lipinski definition) is 2. The molecule has 0 atom stereocenters. The molecule has 0 aliphatic rings. The molecule has 8 heteroatoms. The molecule has 0 saturated carbocycles. The van der Waals surface area contributed by atoms with Gasteiger partial charge in [-0.2, -0.15) is 5.10 Å². The second-order valence-electron chi connectivity index (χ2n) is 7.20. The fraction of sp³-hybridized carbons (Fsp3) is 0.0417. The summed E-state index contributed by atoms with van der Waals surface area (Å²) in [7, 11) is 1.44. The third kappa shape index (κ3) is 3.13. The first-order chi connectivity index (χ1) is 15.5. The van der Waals surface area contributed by atoms with Crippen LogP contribution < -0.4 is 4.74 Å². The van der Waals surface area contributed by atoms with Crippen LogP contribution in [0.15, 0.2) is 60.8 Å². The van der Waals surface area contributed by atoms with Gasteiger partial charge in [-0.25, -0.2) is 18.6 Å². The van der Waals surface area contributed by atoms with E-state index in [0.29, 0.717) is 22.0 Å². The summed E-state index contributed by atoms with van der Waals surface area (Å²) >= 11 is 0. The third-order valence-electron chi connectivity index (χ3n) is 5.31. The Labute approximate surface area is 180 Å². The van der Waals surface area contributed by atoms with Gasteiger partial charge in [0, 0.05) is 21.9 Å². The van der Waals surface area contributed by atoms with Crippen molar-refractivity contribution in [3.8, 4) is 28.1 Å². The largest absolute Gasteiger partial charge is 0.494 e. The molecule has 0 amide bonds. The summed E-state index contributed by atoms with van der Waals surface area (Å²) in [5.41, 5.74) is 2.66. The fourth-order valence-electron chi connectivity index (χ4n) is 3.81. The average Bonchev–Trinajstić information content (AvgIpc) is 3.24. The van der Waals surface area contributed by atoms with Crippen LogP contribution in [0.25, 0.3) is 44.2 Å². The number of benzene rings is 3. The van der Waals surface area contributed by atoms with Gasteiger partial charge in [0.05, 0.1) is 29.9 Å². The van der Waals surface area contributed by atoms with Gasteiger partial charge in [-0.15, -0.1) is 0 Å². The van der Waals surface area contributed by atoms with E-state index in [-0.39, 0.29) is 28.4 Å². The molecule has 0 radical (unpaired) electrons. The lowest BCUT2D eigenvalue weighted by Crippen LogP contribution is -2.01. The molecular weight excluding hydrogens is 416 g/mol. The highest BCUT2D eigenvalue weighted by Gasteiger charge is 2.22. The van der Waals surface area contributed by atoms with Gasteiger partial charge in [0.2, 0.25) is 0 Å². The van der Waals surface area contributed by atoms with Crippen molar-refractivity contribution < 1.29 is 23.4 Å². The van der Waals surface area contributed by atoms with E-state index in [1.54, 1.807) is 24.4 Å². The van der Waals surface area contributed by atoms with Crippen molar-refractivity contribution in [2.45, 2.75) is 0 Å². The SMILES string of the molecule is COc1c(-c2ccc(C(=O)O)cc2F)nc2cc3[nH]ncc3cc2c1-c1ccc(F)cc1. The molecular formula is C24H15F2N3O3. The van der Waals surface area contributed by atoms with Crippen molar-refractivity contribution >= 4 is 27.8 Å². The minimum Gasteiger partial charge on any atom is -0.494 e. The maximum Gasteiger partial charge on any atom is 0.335 e. The number of hydrogen-bond acceptors (Lipinski definition) is 4. The monoisotopic (exact) mass is 431 g/mol. The predicted molar refractivity (Wildman–Crippen MR) is 116 cm³/mol. The Morgan fingerprint density at radius 1 is 1.06 bits per heavy atom. The highest BCUT2D eigenvalue weighted by Crippen LogP contribution is 2.44. The first-order valence-corrected chi connectivity index (χ1v) is 9.60. The number of aromatic nitrogens is 3. The number of nitrogens with zero attached hydrogens (tertiary/aromatic N) is 2. The zero-order valence-corrected chi connectivity index (χ0v) is 16.7. The van der Waals surface area contributed by atoms with Crippen molar-refractivity contribution in [1.29, 1.82) is 0 Å². The van der Waals surface area contributed by atoms with Gasteiger partial charge in [-0.3, -0.25) is 5.10 Å². The standard InChI is InChI=1S/C24H15F2N3O3/c1-32-23-21(12-2-5-15(25)6-3-12)17-8-14-11-27-29-19(14)10-20(17)28-22(23)16-7-4-13(24(30)31)9-18(16)26/h2-11H,1H3,(H,27,29)(H,30,31). The zero-order valence-electron chi connectivity index (χ0n) is 16.7. The van der Waals surface area contributed by atoms with Gasteiger partial charge in [-0.1, -0.05) is 12.1 Å². The van der Waals surface area contributed by atoms with Gasteiger partial charge < -0.3 is 9.84 Å². The molecule has 0 unspecified atom stereocenters. The Morgan fingerprint density at radius 2 is 1.84 bits per heavy atom. The number of H-pyrrole nitrogens is 1. The number of rotatable bonds is 4. The van der Waals surface area contributed by atoms with Crippen LogP contribution in [-0.4, -0.2) is 33.4 Å². The molecule has 32 heavy (non-hydrogen) atoms. The van der Waals surface area contributed by atoms with E-state index in [1.165, 1.54) is 31.4 Å². The van der Waals surface area contributed by atoms with Crippen molar-refractivity contribution in [2.75, 3.05) is 7.11 Å². The third-order valence-corrected chi connectivity index (χ3v) is 5.31. The van der Waals surface area contributed by atoms with Crippen LogP contribution >= 0.6 is 0 Å². The molecule has 0 fully saturated rings. The van der Waals surface area contributed by atoms with Crippen LogP contribution in [0, 0.1) is 11.6 Å². The lowest BCUT2D eigenvalue weighted by atomic mass is 9.95. The van der Waals surface area contributed by atoms with Crippen molar-refractivity contribution in [3.05, 3.63) is 78.0 Å². The average molecular weight is 431 g/mol. The topological polar surface area (TPSA) is 88.1 Å². The summed E-state index contributed by atoms with van der Waals surface area (Å²) in [5, 5.41) is 17.7. The van der Waals surface area contributed by atoms with Gasteiger partial charge >= 0.3 is 5.97 Å². The molecule has 0 saturated heterocycles. The minimum atomic E-state index is -1.23. The summed E-state index contributed by atoms with van der Waals surface area (Å²) in [6.45, 7) is 0. The number of carbonyl (C=O) groups is 1. The van der Waals surface area contributed by atoms with Crippen LogP contribution in [0.4, 0.5) is 8.78 Å². The van der Waals surface area contributed by atoms with Crippen molar-refractivity contribution in [2.24, 2.45) is 0 Å². The molecule has 2 N–H and O–H groups in total. The number of carboxylic acid groups (broad SMARTS) is 1. The van der Waals surface area contributed by atoms with E-state index in [9.17, 15) is 13.6 Å². The molecule has 6 nitrogen and oxygen atoms in total. The number of aromatic carboxylic acids is 1. The number of ether oxygens (including phenoxy) is 1. The quantitative estimate of drug-likeness (QED) is 0.396. The molecule has 0 aliphatic carbocycles. The van der Waals surface area contributed by atoms with Gasteiger partial charge in [0.1, 0.15) is 17.3 Å². The molecule has 3 aromatic carbocycles. The number of halogens is 2. The summed E-state index contributed by atoms with van der Waals surface area (Å²) in [6.07, 6.45) is 1.67. The van der Waals surface area contributed by atoms with Crippen LogP contribution in [0.2, 0.25) is 0 Å². The second-order valence-corrected chi connectivity index (χ2v) is 7.20.